The smallest absolute Gasteiger partial charge is 0.141 e. The molecule has 1 N–H and O–H groups in total. The lowest BCUT2D eigenvalue weighted by Crippen LogP contribution is -1.89. The number of nitrogens with one attached hydrogen (secondary N) is 1. The second-order valence-electron chi connectivity index (χ2n) is 5.19. The van der Waals surface area contributed by atoms with E-state index in [-0.39, 0.29) is 5.02 Å². The molecule has 0 aliphatic heterocycles. The molecule has 0 unspecified atom stereocenters. The number of fused-ring (bicyclic) bond motifs is 1. The molecule has 0 saturated heterocycles. The second kappa shape index (κ2) is 6.32. The third-order valence-corrected chi connectivity index (χ3v) is 3.81. The Morgan fingerprint density at radius 1 is 1.27 bits per heavy atom. The molecule has 0 radical (unpaired) electrons. The number of aromatic amines is 1. The van der Waals surface area contributed by atoms with Crippen molar-refractivity contribution < 1.29 is 4.39 Å². The maximum atomic E-state index is 13.2. The predicted molar refractivity (Wildman–Crippen MR) is 89.6 cm³/mol. The highest BCUT2D eigenvalue weighted by atomic mass is 35.5. The van der Waals surface area contributed by atoms with Crippen molar-refractivity contribution in [3.63, 3.8) is 0 Å². The molecule has 112 valence electrons. The Hall–Kier alpha value is -2.13. The predicted octanol–water partition coefficient (Wildman–Crippen LogP) is 5.37. The molecule has 0 amide bonds. The minimum absolute atomic E-state index is 0.151. The van der Waals surface area contributed by atoms with Crippen LogP contribution in [0, 0.1) is 5.82 Å². The molecule has 0 spiro atoms. The fourth-order valence-electron chi connectivity index (χ4n) is 2.45. The average molecular weight is 315 g/mol. The van der Waals surface area contributed by atoms with Gasteiger partial charge in [0.1, 0.15) is 5.82 Å². The topological polar surface area (TPSA) is 28.7 Å². The van der Waals surface area contributed by atoms with Gasteiger partial charge >= 0.3 is 0 Å². The van der Waals surface area contributed by atoms with Crippen LogP contribution in [0.1, 0.15) is 30.2 Å². The van der Waals surface area contributed by atoms with Gasteiger partial charge in [0, 0.05) is 23.9 Å². The molecule has 1 aromatic carbocycles. The van der Waals surface area contributed by atoms with Crippen molar-refractivity contribution in [3.05, 3.63) is 70.3 Å². The summed E-state index contributed by atoms with van der Waals surface area (Å²) in [6.07, 6.45) is 7.68. The van der Waals surface area contributed by atoms with Gasteiger partial charge in [0.05, 0.1) is 16.1 Å². The van der Waals surface area contributed by atoms with E-state index < -0.39 is 5.82 Å². The Labute approximate surface area is 133 Å². The lowest BCUT2D eigenvalue weighted by Gasteiger charge is -2.01. The highest BCUT2D eigenvalue weighted by molar-refractivity contribution is 6.30. The average Bonchev–Trinajstić information content (AvgIpc) is 2.92. The van der Waals surface area contributed by atoms with Crippen molar-refractivity contribution in [2.45, 2.75) is 19.8 Å². The zero-order valence-corrected chi connectivity index (χ0v) is 13.0. The molecule has 0 fully saturated rings. The van der Waals surface area contributed by atoms with E-state index in [2.05, 4.69) is 29.0 Å². The summed E-state index contributed by atoms with van der Waals surface area (Å²) in [5, 5.41) is 0.151. The molecule has 22 heavy (non-hydrogen) atoms. The summed E-state index contributed by atoms with van der Waals surface area (Å²) in [5.41, 5.74) is 5.07. The normalized spacial score (nSPS) is 11.6. The highest BCUT2D eigenvalue weighted by Gasteiger charge is 2.07. The van der Waals surface area contributed by atoms with Gasteiger partial charge in [-0.2, -0.15) is 0 Å². The Morgan fingerprint density at radius 2 is 2.14 bits per heavy atom. The molecule has 0 aliphatic rings. The number of benzene rings is 1. The van der Waals surface area contributed by atoms with Crippen LogP contribution in [0.15, 0.2) is 42.6 Å². The minimum atomic E-state index is -0.393. The van der Waals surface area contributed by atoms with E-state index in [0.717, 1.165) is 34.3 Å². The first kappa shape index (κ1) is 14.8. The van der Waals surface area contributed by atoms with Crippen LogP contribution in [-0.4, -0.2) is 9.97 Å². The minimum Gasteiger partial charge on any atom is -0.356 e. The standard InChI is InChI=1S/C18H16ClFN2/c1-2-3-4-13-7-8-21-17-11-14(22-18(13)17)9-12-5-6-16(20)15(19)10-12/h3-8,10-11,22H,2,9H2,1H3/b4-3+. The zero-order chi connectivity index (χ0) is 15.5. The second-order valence-corrected chi connectivity index (χ2v) is 5.60. The van der Waals surface area contributed by atoms with Crippen LogP contribution >= 0.6 is 11.6 Å². The third kappa shape index (κ3) is 3.04. The van der Waals surface area contributed by atoms with Gasteiger partial charge in [-0.25, -0.2) is 4.39 Å². The molecule has 2 heterocycles. The van der Waals surface area contributed by atoms with E-state index >= 15 is 0 Å². The lowest BCUT2D eigenvalue weighted by molar-refractivity contribution is 0.627. The SMILES string of the molecule is CC/C=C/c1ccnc2cc(Cc3ccc(F)c(Cl)c3)[nH]c12. The first-order valence-corrected chi connectivity index (χ1v) is 7.62. The molecular formula is C18H16ClFN2. The van der Waals surface area contributed by atoms with E-state index in [4.69, 9.17) is 11.6 Å². The number of hydrogen-bond acceptors (Lipinski definition) is 1. The molecule has 0 aliphatic carbocycles. The molecule has 0 saturated carbocycles. The van der Waals surface area contributed by atoms with Crippen LogP contribution in [0.25, 0.3) is 17.1 Å². The maximum Gasteiger partial charge on any atom is 0.141 e. The summed E-state index contributed by atoms with van der Waals surface area (Å²) in [6, 6.07) is 8.82. The van der Waals surface area contributed by atoms with Crippen LogP contribution in [-0.2, 0) is 6.42 Å². The van der Waals surface area contributed by atoms with Crippen molar-refractivity contribution in [2.75, 3.05) is 0 Å². The van der Waals surface area contributed by atoms with E-state index in [0.29, 0.717) is 6.42 Å². The van der Waals surface area contributed by atoms with Crippen LogP contribution in [0.3, 0.4) is 0 Å². The molecule has 0 bridgehead atoms. The van der Waals surface area contributed by atoms with Gasteiger partial charge in [-0.05, 0) is 36.2 Å². The summed E-state index contributed by atoms with van der Waals surface area (Å²) < 4.78 is 13.2. The largest absolute Gasteiger partial charge is 0.356 e. The Kier molecular flexibility index (Phi) is 4.25. The van der Waals surface area contributed by atoms with Crippen LogP contribution in [0.4, 0.5) is 4.39 Å². The van der Waals surface area contributed by atoms with Crippen molar-refractivity contribution in [2.24, 2.45) is 0 Å². The number of pyridine rings is 1. The van der Waals surface area contributed by atoms with Crippen LogP contribution in [0.2, 0.25) is 5.02 Å². The summed E-state index contributed by atoms with van der Waals surface area (Å²) in [4.78, 5) is 7.80. The molecule has 4 heteroatoms. The van der Waals surface area contributed by atoms with Crippen molar-refractivity contribution in [3.8, 4) is 0 Å². The number of halogens is 2. The number of nitrogens with zero attached hydrogens (tertiary/aromatic N) is 1. The maximum absolute atomic E-state index is 13.2. The number of allylic oxidation sites excluding steroid dienone is 1. The summed E-state index contributed by atoms with van der Waals surface area (Å²) in [6.45, 7) is 2.10. The lowest BCUT2D eigenvalue weighted by atomic mass is 10.1. The number of H-pyrrole nitrogens is 1. The van der Waals surface area contributed by atoms with Gasteiger partial charge in [-0.3, -0.25) is 4.98 Å². The molecule has 0 atom stereocenters. The van der Waals surface area contributed by atoms with E-state index in [9.17, 15) is 4.39 Å². The first-order chi connectivity index (χ1) is 10.7. The molecule has 2 aromatic heterocycles. The molecule has 3 rings (SSSR count). The molecule has 2 nitrogen and oxygen atoms in total. The van der Waals surface area contributed by atoms with E-state index in [1.165, 1.54) is 6.07 Å². The number of aromatic nitrogens is 2. The fraction of sp³-hybridized carbons (Fsp3) is 0.167. The quantitative estimate of drug-likeness (QED) is 0.689. The van der Waals surface area contributed by atoms with E-state index in [1.54, 1.807) is 12.1 Å². The first-order valence-electron chi connectivity index (χ1n) is 7.24. The Bertz CT molecular complexity index is 836. The van der Waals surface area contributed by atoms with Gasteiger partial charge < -0.3 is 4.98 Å². The summed E-state index contributed by atoms with van der Waals surface area (Å²) in [7, 11) is 0. The Morgan fingerprint density at radius 3 is 2.91 bits per heavy atom. The van der Waals surface area contributed by atoms with E-state index in [1.807, 2.05) is 18.3 Å². The van der Waals surface area contributed by atoms with Gasteiger partial charge in [-0.15, -0.1) is 0 Å². The molecular weight excluding hydrogens is 299 g/mol. The van der Waals surface area contributed by atoms with Crippen molar-refractivity contribution in [1.82, 2.24) is 9.97 Å². The van der Waals surface area contributed by atoms with Gasteiger partial charge in [0.2, 0.25) is 0 Å². The third-order valence-electron chi connectivity index (χ3n) is 3.52. The Balaban J connectivity index is 1.94. The summed E-state index contributed by atoms with van der Waals surface area (Å²) >= 11 is 5.83. The summed E-state index contributed by atoms with van der Waals surface area (Å²) in [5.74, 6) is -0.393. The monoisotopic (exact) mass is 314 g/mol. The van der Waals surface area contributed by atoms with Crippen molar-refractivity contribution >= 4 is 28.7 Å². The van der Waals surface area contributed by atoms with Gasteiger partial charge in [0.15, 0.2) is 0 Å². The number of rotatable bonds is 4. The van der Waals surface area contributed by atoms with Gasteiger partial charge in [0.25, 0.3) is 0 Å². The van der Waals surface area contributed by atoms with Crippen LogP contribution < -0.4 is 0 Å². The van der Waals surface area contributed by atoms with Gasteiger partial charge in [-0.1, -0.05) is 36.7 Å². The van der Waals surface area contributed by atoms with Crippen molar-refractivity contribution in [1.29, 1.82) is 0 Å². The zero-order valence-electron chi connectivity index (χ0n) is 12.2. The molecule has 3 aromatic rings. The fourth-order valence-corrected chi connectivity index (χ4v) is 2.65. The highest BCUT2D eigenvalue weighted by Crippen LogP contribution is 2.22. The number of hydrogen-bond donors (Lipinski definition) is 1. The van der Waals surface area contributed by atoms with Crippen LogP contribution in [0.5, 0.6) is 0 Å².